The second-order valence-corrected chi connectivity index (χ2v) is 7.27. The number of piperazine rings is 1. The van der Waals surface area contributed by atoms with E-state index in [-0.39, 0.29) is 11.6 Å². The van der Waals surface area contributed by atoms with Gasteiger partial charge in [-0.25, -0.2) is 4.98 Å². The zero-order valence-electron chi connectivity index (χ0n) is 15.3. The first-order valence-corrected chi connectivity index (χ1v) is 9.60. The van der Waals surface area contributed by atoms with E-state index in [2.05, 4.69) is 24.1 Å². The van der Waals surface area contributed by atoms with Crippen LogP contribution in [0.2, 0.25) is 5.02 Å². The average Bonchev–Trinajstić information content (AvgIpc) is 2.60. The highest BCUT2D eigenvalue weighted by molar-refractivity contribution is 6.31. The van der Waals surface area contributed by atoms with E-state index in [9.17, 15) is 4.79 Å². The Labute approximate surface area is 154 Å². The Bertz CT molecular complexity index is 804. The van der Waals surface area contributed by atoms with Gasteiger partial charge in [0.05, 0.1) is 16.9 Å². The maximum atomic E-state index is 13.0. The molecule has 1 aliphatic rings. The van der Waals surface area contributed by atoms with Crippen molar-refractivity contribution in [3.8, 4) is 0 Å². The molecule has 1 fully saturated rings. The lowest BCUT2D eigenvalue weighted by Gasteiger charge is -2.38. The molecule has 1 aromatic carbocycles. The van der Waals surface area contributed by atoms with Crippen molar-refractivity contribution in [1.29, 1.82) is 0 Å². The molecule has 0 amide bonds. The lowest BCUT2D eigenvalue weighted by atomic mass is 10.1. The van der Waals surface area contributed by atoms with Crippen molar-refractivity contribution in [3.05, 3.63) is 39.4 Å². The standard InChI is InChI=1S/C19H27ClN4O/c1-4-6-17(23-10-9-21-13(3)12-23)18-22-16-8-7-14(20)11-15(16)19(25)24(18)5-2/h7-8,11,13,17,21H,4-6,9-10,12H2,1-3H3/t13-,17+/m1/s1. The van der Waals surface area contributed by atoms with Crippen LogP contribution >= 0.6 is 11.6 Å². The Morgan fingerprint density at radius 1 is 1.40 bits per heavy atom. The Hall–Kier alpha value is -1.43. The Morgan fingerprint density at radius 3 is 2.88 bits per heavy atom. The topological polar surface area (TPSA) is 50.2 Å². The first-order valence-electron chi connectivity index (χ1n) is 9.22. The third kappa shape index (κ3) is 3.73. The Morgan fingerprint density at radius 2 is 2.20 bits per heavy atom. The highest BCUT2D eigenvalue weighted by Crippen LogP contribution is 2.26. The summed E-state index contributed by atoms with van der Waals surface area (Å²) in [6.07, 6.45) is 2.06. The molecule has 1 aromatic heterocycles. The molecule has 3 rings (SSSR count). The molecule has 136 valence electrons. The van der Waals surface area contributed by atoms with Crippen LogP contribution in [0.5, 0.6) is 0 Å². The Kier molecular flexibility index (Phi) is 5.77. The number of nitrogens with zero attached hydrogens (tertiary/aromatic N) is 3. The van der Waals surface area contributed by atoms with Gasteiger partial charge >= 0.3 is 0 Å². The molecule has 2 aromatic rings. The van der Waals surface area contributed by atoms with Gasteiger partial charge in [-0.15, -0.1) is 0 Å². The summed E-state index contributed by atoms with van der Waals surface area (Å²) >= 11 is 6.08. The van der Waals surface area contributed by atoms with Crippen molar-refractivity contribution in [2.75, 3.05) is 19.6 Å². The van der Waals surface area contributed by atoms with E-state index < -0.39 is 0 Å². The summed E-state index contributed by atoms with van der Waals surface area (Å²) in [5, 5.41) is 4.66. The smallest absolute Gasteiger partial charge is 0.261 e. The monoisotopic (exact) mass is 362 g/mol. The van der Waals surface area contributed by atoms with Gasteiger partial charge in [0, 0.05) is 37.2 Å². The van der Waals surface area contributed by atoms with Crippen LogP contribution in [-0.2, 0) is 6.54 Å². The molecule has 6 heteroatoms. The van der Waals surface area contributed by atoms with Crippen LogP contribution in [0.1, 0.15) is 45.5 Å². The quantitative estimate of drug-likeness (QED) is 0.887. The third-order valence-electron chi connectivity index (χ3n) is 4.96. The number of rotatable bonds is 5. The second kappa shape index (κ2) is 7.85. The van der Waals surface area contributed by atoms with Gasteiger partial charge < -0.3 is 5.32 Å². The minimum absolute atomic E-state index is 0.00860. The van der Waals surface area contributed by atoms with Gasteiger partial charge in [0.25, 0.3) is 5.56 Å². The number of hydrogen-bond donors (Lipinski definition) is 1. The maximum absolute atomic E-state index is 13.0. The lowest BCUT2D eigenvalue weighted by molar-refractivity contribution is 0.132. The largest absolute Gasteiger partial charge is 0.312 e. The summed E-state index contributed by atoms with van der Waals surface area (Å²) in [5.41, 5.74) is 0.743. The molecule has 5 nitrogen and oxygen atoms in total. The van der Waals surface area contributed by atoms with E-state index in [1.54, 1.807) is 12.1 Å². The first kappa shape index (κ1) is 18.4. The number of fused-ring (bicyclic) bond motifs is 1. The molecule has 2 atom stereocenters. The summed E-state index contributed by atoms with van der Waals surface area (Å²) in [4.78, 5) is 20.4. The molecule has 1 N–H and O–H groups in total. The maximum Gasteiger partial charge on any atom is 0.261 e. The molecular formula is C19H27ClN4O. The molecule has 0 radical (unpaired) electrons. The summed E-state index contributed by atoms with van der Waals surface area (Å²) in [7, 11) is 0. The van der Waals surface area contributed by atoms with Crippen molar-refractivity contribution in [2.45, 2.75) is 52.2 Å². The van der Waals surface area contributed by atoms with Gasteiger partial charge in [-0.05, 0) is 38.5 Å². The van der Waals surface area contributed by atoms with Gasteiger partial charge in [-0.2, -0.15) is 0 Å². The van der Waals surface area contributed by atoms with Crippen LogP contribution in [0.25, 0.3) is 10.9 Å². The lowest BCUT2D eigenvalue weighted by Crippen LogP contribution is -2.51. The summed E-state index contributed by atoms with van der Waals surface area (Å²) in [5.74, 6) is 0.887. The van der Waals surface area contributed by atoms with Crippen LogP contribution in [0, 0.1) is 0 Å². The number of hydrogen-bond acceptors (Lipinski definition) is 4. The fraction of sp³-hybridized carbons (Fsp3) is 0.579. The molecular weight excluding hydrogens is 336 g/mol. The highest BCUT2D eigenvalue weighted by atomic mass is 35.5. The number of nitrogens with one attached hydrogen (secondary N) is 1. The van der Waals surface area contributed by atoms with E-state index in [1.807, 2.05) is 17.6 Å². The third-order valence-corrected chi connectivity index (χ3v) is 5.20. The van der Waals surface area contributed by atoms with Crippen molar-refractivity contribution in [2.24, 2.45) is 0 Å². The van der Waals surface area contributed by atoms with Gasteiger partial charge in [0.15, 0.2) is 0 Å². The Balaban J connectivity index is 2.13. The van der Waals surface area contributed by atoms with E-state index in [0.29, 0.717) is 23.0 Å². The van der Waals surface area contributed by atoms with Gasteiger partial charge in [0.2, 0.25) is 0 Å². The van der Waals surface area contributed by atoms with Crippen LogP contribution in [0.15, 0.2) is 23.0 Å². The van der Waals surface area contributed by atoms with E-state index in [1.165, 1.54) is 0 Å². The molecule has 0 aliphatic carbocycles. The van der Waals surface area contributed by atoms with Crippen LogP contribution < -0.4 is 10.9 Å². The zero-order valence-corrected chi connectivity index (χ0v) is 16.0. The molecule has 0 bridgehead atoms. The molecule has 1 saturated heterocycles. The molecule has 1 aliphatic heterocycles. The summed E-state index contributed by atoms with van der Waals surface area (Å²) < 4.78 is 1.83. The molecule has 0 unspecified atom stereocenters. The molecule has 2 heterocycles. The summed E-state index contributed by atoms with van der Waals surface area (Å²) in [6, 6.07) is 6.00. The fourth-order valence-corrected chi connectivity index (χ4v) is 3.94. The fourth-order valence-electron chi connectivity index (χ4n) is 3.76. The van der Waals surface area contributed by atoms with Crippen LogP contribution in [-0.4, -0.2) is 40.1 Å². The van der Waals surface area contributed by atoms with Gasteiger partial charge in [0.1, 0.15) is 5.82 Å². The van der Waals surface area contributed by atoms with E-state index >= 15 is 0 Å². The molecule has 0 saturated carbocycles. The second-order valence-electron chi connectivity index (χ2n) is 6.84. The van der Waals surface area contributed by atoms with E-state index in [4.69, 9.17) is 16.6 Å². The van der Waals surface area contributed by atoms with Crippen LogP contribution in [0.3, 0.4) is 0 Å². The van der Waals surface area contributed by atoms with Gasteiger partial charge in [-0.1, -0.05) is 24.9 Å². The van der Waals surface area contributed by atoms with Crippen molar-refractivity contribution in [3.63, 3.8) is 0 Å². The number of aromatic nitrogens is 2. The normalized spacial score (nSPS) is 20.1. The van der Waals surface area contributed by atoms with Gasteiger partial charge in [-0.3, -0.25) is 14.3 Å². The van der Waals surface area contributed by atoms with E-state index in [0.717, 1.165) is 43.8 Å². The predicted octanol–water partition coefficient (Wildman–Crippen LogP) is 3.20. The van der Waals surface area contributed by atoms with Crippen molar-refractivity contribution in [1.82, 2.24) is 19.8 Å². The first-order chi connectivity index (χ1) is 12.0. The number of benzene rings is 1. The van der Waals surface area contributed by atoms with Crippen molar-refractivity contribution < 1.29 is 0 Å². The average molecular weight is 363 g/mol. The number of halogens is 1. The summed E-state index contributed by atoms with van der Waals surface area (Å²) in [6.45, 7) is 9.95. The minimum atomic E-state index is 0.00860. The SMILES string of the molecule is CCC[C@@H](c1nc2ccc(Cl)cc2c(=O)n1CC)N1CCN[C@H](C)C1. The molecule has 0 spiro atoms. The molecule has 25 heavy (non-hydrogen) atoms. The minimum Gasteiger partial charge on any atom is -0.312 e. The predicted molar refractivity (Wildman–Crippen MR) is 103 cm³/mol. The zero-order chi connectivity index (χ0) is 18.0. The van der Waals surface area contributed by atoms with Crippen molar-refractivity contribution >= 4 is 22.5 Å². The van der Waals surface area contributed by atoms with Crippen LogP contribution in [0.4, 0.5) is 0 Å². The highest BCUT2D eigenvalue weighted by Gasteiger charge is 2.28.